The summed E-state index contributed by atoms with van der Waals surface area (Å²) in [7, 11) is 0. The molecule has 1 aliphatic carbocycles. The zero-order valence-electron chi connectivity index (χ0n) is 17.1. The number of hydrogen-bond donors (Lipinski definition) is 2. The first-order valence-corrected chi connectivity index (χ1v) is 11.2. The van der Waals surface area contributed by atoms with Crippen molar-refractivity contribution in [2.24, 2.45) is 5.92 Å². The predicted octanol–water partition coefficient (Wildman–Crippen LogP) is 5.46. The van der Waals surface area contributed by atoms with Crippen molar-refractivity contribution < 1.29 is 9.59 Å². The van der Waals surface area contributed by atoms with E-state index in [1.165, 1.54) is 25.7 Å². The Hall–Kier alpha value is -2.53. The van der Waals surface area contributed by atoms with Gasteiger partial charge in [-0.2, -0.15) is 0 Å². The quantitative estimate of drug-likeness (QED) is 0.683. The Kier molecular flexibility index (Phi) is 6.58. The Bertz CT molecular complexity index is 901. The van der Waals surface area contributed by atoms with Gasteiger partial charge in [0.1, 0.15) is 0 Å². The molecule has 158 valence electrons. The third kappa shape index (κ3) is 4.78. The molecule has 3 amide bonds. The van der Waals surface area contributed by atoms with Gasteiger partial charge in [0.2, 0.25) is 0 Å². The highest BCUT2D eigenvalue weighted by molar-refractivity contribution is 6.34. The summed E-state index contributed by atoms with van der Waals surface area (Å²) in [4.78, 5) is 27.4. The smallest absolute Gasteiger partial charge is 0.319 e. The molecular formula is C24H28ClN3O2. The van der Waals surface area contributed by atoms with Crippen LogP contribution < -0.4 is 10.6 Å². The summed E-state index contributed by atoms with van der Waals surface area (Å²) in [6, 6.07) is 14.9. The van der Waals surface area contributed by atoms with Crippen molar-refractivity contribution in [1.29, 1.82) is 0 Å². The lowest BCUT2D eigenvalue weighted by atomic mass is 9.78. The number of rotatable bonds is 4. The summed E-state index contributed by atoms with van der Waals surface area (Å²) < 4.78 is 0. The summed E-state index contributed by atoms with van der Waals surface area (Å²) in [6.07, 6.45) is 7.07. The third-order valence-corrected chi connectivity index (χ3v) is 6.57. The molecule has 30 heavy (non-hydrogen) atoms. The second-order valence-electron chi connectivity index (χ2n) is 8.24. The number of hydrogen-bond acceptors (Lipinski definition) is 2. The lowest BCUT2D eigenvalue weighted by Crippen LogP contribution is -2.49. The third-order valence-electron chi connectivity index (χ3n) is 6.26. The van der Waals surface area contributed by atoms with Crippen LogP contribution in [-0.4, -0.2) is 29.4 Å². The number of amides is 3. The largest absolute Gasteiger partial charge is 0.335 e. The standard InChI is InChI=1S/C24H28ClN3O2/c25-21-15-19(27-24(30)26-16-17-7-2-1-3-8-17)12-13-20(21)23(29)28-14-6-10-18-9-4-5-11-22(18)28/h1-3,7-8,12-13,15,18,22H,4-6,9-11,14,16H2,(H2,26,27,30)/t18-,22-/m1/s1. The fraction of sp³-hybridized carbons (Fsp3) is 0.417. The number of nitrogens with zero attached hydrogens (tertiary/aromatic N) is 1. The molecule has 1 heterocycles. The SMILES string of the molecule is O=C(NCc1ccccc1)Nc1ccc(C(=O)N2CCC[C@H]3CCCC[C@H]32)c(Cl)c1. The Labute approximate surface area is 182 Å². The van der Waals surface area contributed by atoms with Crippen LogP contribution in [0.2, 0.25) is 5.02 Å². The first-order chi connectivity index (χ1) is 14.6. The lowest BCUT2D eigenvalue weighted by Gasteiger charge is -2.44. The van der Waals surface area contributed by atoms with Crippen LogP contribution in [0, 0.1) is 5.92 Å². The van der Waals surface area contributed by atoms with Gasteiger partial charge < -0.3 is 15.5 Å². The van der Waals surface area contributed by atoms with Crippen LogP contribution in [0.25, 0.3) is 0 Å². The molecule has 0 unspecified atom stereocenters. The number of carbonyl (C=O) groups is 2. The van der Waals surface area contributed by atoms with Gasteiger partial charge in [-0.15, -0.1) is 0 Å². The molecule has 2 atom stereocenters. The highest BCUT2D eigenvalue weighted by atomic mass is 35.5. The van der Waals surface area contributed by atoms with Gasteiger partial charge in [0.25, 0.3) is 5.91 Å². The van der Waals surface area contributed by atoms with Gasteiger partial charge in [0.05, 0.1) is 10.6 Å². The fourth-order valence-corrected chi connectivity index (χ4v) is 5.01. The van der Waals surface area contributed by atoms with E-state index in [2.05, 4.69) is 10.6 Å². The molecule has 2 aliphatic rings. The second-order valence-corrected chi connectivity index (χ2v) is 8.65. The molecule has 2 aromatic carbocycles. The zero-order chi connectivity index (χ0) is 20.9. The van der Waals surface area contributed by atoms with E-state index in [9.17, 15) is 9.59 Å². The summed E-state index contributed by atoms with van der Waals surface area (Å²) in [5, 5.41) is 5.98. The number of nitrogens with one attached hydrogen (secondary N) is 2. The summed E-state index contributed by atoms with van der Waals surface area (Å²) in [5.74, 6) is 0.640. The monoisotopic (exact) mass is 425 g/mol. The number of halogens is 1. The number of piperidine rings is 1. The minimum Gasteiger partial charge on any atom is -0.335 e. The molecule has 4 rings (SSSR count). The first-order valence-electron chi connectivity index (χ1n) is 10.8. The number of carbonyl (C=O) groups excluding carboxylic acids is 2. The average molecular weight is 426 g/mol. The van der Waals surface area contributed by atoms with Crippen LogP contribution in [-0.2, 0) is 6.54 Å². The Morgan fingerprint density at radius 2 is 1.77 bits per heavy atom. The summed E-state index contributed by atoms with van der Waals surface area (Å²) in [5.41, 5.74) is 2.10. The van der Waals surface area contributed by atoms with Crippen molar-refractivity contribution in [3.63, 3.8) is 0 Å². The molecule has 0 bridgehead atoms. The topological polar surface area (TPSA) is 61.4 Å². The average Bonchev–Trinajstić information content (AvgIpc) is 2.78. The summed E-state index contributed by atoms with van der Waals surface area (Å²) >= 11 is 6.46. The zero-order valence-corrected chi connectivity index (χ0v) is 17.8. The minimum absolute atomic E-state index is 0.0108. The van der Waals surface area contributed by atoms with Gasteiger partial charge >= 0.3 is 6.03 Å². The number of likely N-dealkylation sites (tertiary alicyclic amines) is 1. The first kappa shape index (κ1) is 20.7. The molecule has 2 fully saturated rings. The van der Waals surface area contributed by atoms with Gasteiger partial charge in [-0.25, -0.2) is 4.79 Å². The van der Waals surface area contributed by atoms with E-state index in [-0.39, 0.29) is 11.9 Å². The van der Waals surface area contributed by atoms with E-state index >= 15 is 0 Å². The number of anilines is 1. The van der Waals surface area contributed by atoms with Gasteiger partial charge in [-0.1, -0.05) is 54.8 Å². The molecular weight excluding hydrogens is 398 g/mol. The van der Waals surface area contributed by atoms with E-state index < -0.39 is 0 Å². The van der Waals surface area contributed by atoms with Gasteiger partial charge in [-0.05, 0) is 55.4 Å². The molecule has 1 saturated heterocycles. The molecule has 2 aromatic rings. The molecule has 5 nitrogen and oxygen atoms in total. The predicted molar refractivity (Wildman–Crippen MR) is 120 cm³/mol. The van der Waals surface area contributed by atoms with Gasteiger partial charge in [0.15, 0.2) is 0 Å². The van der Waals surface area contributed by atoms with Gasteiger partial charge in [0, 0.05) is 24.8 Å². The number of urea groups is 1. The maximum absolute atomic E-state index is 13.2. The van der Waals surface area contributed by atoms with Crippen molar-refractivity contribution in [2.75, 3.05) is 11.9 Å². The molecule has 0 spiro atoms. The van der Waals surface area contributed by atoms with E-state index in [0.717, 1.165) is 24.9 Å². The molecule has 1 aliphatic heterocycles. The highest BCUT2D eigenvalue weighted by Gasteiger charge is 2.36. The van der Waals surface area contributed by atoms with E-state index in [1.807, 2.05) is 35.2 Å². The molecule has 0 aromatic heterocycles. The lowest BCUT2D eigenvalue weighted by molar-refractivity contribution is 0.0391. The summed E-state index contributed by atoms with van der Waals surface area (Å²) in [6.45, 7) is 1.24. The van der Waals surface area contributed by atoms with Crippen molar-refractivity contribution in [3.05, 3.63) is 64.7 Å². The van der Waals surface area contributed by atoms with E-state index in [0.29, 0.717) is 34.8 Å². The Morgan fingerprint density at radius 1 is 1.00 bits per heavy atom. The second kappa shape index (κ2) is 9.52. The number of fused-ring (bicyclic) bond motifs is 1. The maximum atomic E-state index is 13.2. The van der Waals surface area contributed by atoms with Crippen LogP contribution in [0.1, 0.15) is 54.4 Å². The van der Waals surface area contributed by atoms with Crippen LogP contribution >= 0.6 is 11.6 Å². The van der Waals surface area contributed by atoms with Crippen LogP contribution in [0.3, 0.4) is 0 Å². The molecule has 2 N–H and O–H groups in total. The number of benzene rings is 2. The van der Waals surface area contributed by atoms with E-state index in [4.69, 9.17) is 11.6 Å². The molecule has 6 heteroatoms. The minimum atomic E-state index is -0.310. The van der Waals surface area contributed by atoms with Crippen molar-refractivity contribution in [1.82, 2.24) is 10.2 Å². The highest BCUT2D eigenvalue weighted by Crippen LogP contribution is 2.36. The fourth-order valence-electron chi connectivity index (χ4n) is 4.75. The van der Waals surface area contributed by atoms with Crippen molar-refractivity contribution in [2.45, 2.75) is 51.1 Å². The Morgan fingerprint density at radius 3 is 2.57 bits per heavy atom. The normalized spacial score (nSPS) is 20.9. The van der Waals surface area contributed by atoms with Gasteiger partial charge in [-0.3, -0.25) is 4.79 Å². The van der Waals surface area contributed by atoms with Crippen LogP contribution in [0.15, 0.2) is 48.5 Å². The van der Waals surface area contributed by atoms with Crippen LogP contribution in [0.4, 0.5) is 10.5 Å². The molecule has 1 saturated carbocycles. The maximum Gasteiger partial charge on any atom is 0.319 e. The Balaban J connectivity index is 1.39. The molecule has 0 radical (unpaired) electrons. The van der Waals surface area contributed by atoms with Crippen LogP contribution in [0.5, 0.6) is 0 Å². The van der Waals surface area contributed by atoms with Crippen molar-refractivity contribution >= 4 is 29.2 Å². The van der Waals surface area contributed by atoms with Crippen molar-refractivity contribution in [3.8, 4) is 0 Å². The van der Waals surface area contributed by atoms with E-state index in [1.54, 1.807) is 18.2 Å².